The molecule has 1 heterocycles. The number of thiazole rings is 1. The molecule has 1 amide bonds. The molecule has 25 heavy (non-hydrogen) atoms. The number of carbonyl (C=O) groups excluding carboxylic acids is 1. The third-order valence-electron chi connectivity index (χ3n) is 4.04. The van der Waals surface area contributed by atoms with Crippen LogP contribution in [0, 0.1) is 0 Å². The van der Waals surface area contributed by atoms with E-state index < -0.39 is 0 Å². The SMILES string of the molecule is O=C(COc1ccc(Cl)c(Cl)c1)NCCCc1nc2c(s1)CCCC2. The average molecular weight is 399 g/mol. The summed E-state index contributed by atoms with van der Waals surface area (Å²) in [7, 11) is 0. The Hall–Kier alpha value is -1.30. The summed E-state index contributed by atoms with van der Waals surface area (Å²) in [5.41, 5.74) is 1.30. The predicted octanol–water partition coefficient (Wildman–Crippen LogP) is 4.46. The van der Waals surface area contributed by atoms with Crippen LogP contribution in [0.2, 0.25) is 10.0 Å². The van der Waals surface area contributed by atoms with Crippen LogP contribution in [0.5, 0.6) is 5.75 Å². The number of hydrogen-bond donors (Lipinski definition) is 1. The number of halogens is 2. The van der Waals surface area contributed by atoms with E-state index in [1.165, 1.54) is 34.8 Å². The van der Waals surface area contributed by atoms with Gasteiger partial charge in [0.15, 0.2) is 6.61 Å². The van der Waals surface area contributed by atoms with Gasteiger partial charge in [0.1, 0.15) is 5.75 Å². The molecule has 1 aromatic carbocycles. The molecular formula is C18H20Cl2N2O2S. The van der Waals surface area contributed by atoms with Crippen molar-refractivity contribution in [2.45, 2.75) is 38.5 Å². The number of aryl methyl sites for hydroxylation is 3. The highest BCUT2D eigenvalue weighted by atomic mass is 35.5. The molecule has 1 aliphatic carbocycles. The first-order valence-electron chi connectivity index (χ1n) is 8.44. The van der Waals surface area contributed by atoms with E-state index in [0.717, 1.165) is 19.3 Å². The molecule has 7 heteroatoms. The first-order chi connectivity index (χ1) is 12.1. The Kier molecular flexibility index (Phi) is 6.57. The van der Waals surface area contributed by atoms with Gasteiger partial charge >= 0.3 is 0 Å². The summed E-state index contributed by atoms with van der Waals surface area (Å²) in [6.07, 6.45) is 6.62. The Morgan fingerprint density at radius 2 is 2.08 bits per heavy atom. The highest BCUT2D eigenvalue weighted by Gasteiger charge is 2.14. The van der Waals surface area contributed by atoms with Crippen LogP contribution in [-0.4, -0.2) is 24.0 Å². The van der Waals surface area contributed by atoms with Gasteiger partial charge in [-0.1, -0.05) is 23.2 Å². The van der Waals surface area contributed by atoms with Gasteiger partial charge in [-0.3, -0.25) is 4.79 Å². The van der Waals surface area contributed by atoms with Gasteiger partial charge in [-0.15, -0.1) is 11.3 Å². The fourth-order valence-corrected chi connectivity index (χ4v) is 4.23. The third kappa shape index (κ3) is 5.33. The number of hydrogen-bond acceptors (Lipinski definition) is 4. The molecule has 0 unspecified atom stereocenters. The topological polar surface area (TPSA) is 51.2 Å². The van der Waals surface area contributed by atoms with Crippen molar-refractivity contribution in [1.82, 2.24) is 10.3 Å². The average Bonchev–Trinajstić information content (AvgIpc) is 3.02. The third-order valence-corrected chi connectivity index (χ3v) is 6.00. The maximum Gasteiger partial charge on any atom is 0.257 e. The van der Waals surface area contributed by atoms with Crippen LogP contribution < -0.4 is 10.1 Å². The first kappa shape index (κ1) is 18.5. The van der Waals surface area contributed by atoms with Crippen LogP contribution >= 0.6 is 34.5 Å². The number of nitrogens with one attached hydrogen (secondary N) is 1. The van der Waals surface area contributed by atoms with Gasteiger partial charge in [-0.25, -0.2) is 4.98 Å². The summed E-state index contributed by atoms with van der Waals surface area (Å²) >= 11 is 13.6. The highest BCUT2D eigenvalue weighted by Crippen LogP contribution is 2.27. The Bertz CT molecular complexity index is 725. The first-order valence-corrected chi connectivity index (χ1v) is 10.0. The van der Waals surface area contributed by atoms with Crippen LogP contribution in [0.1, 0.15) is 34.8 Å². The molecule has 2 aromatic rings. The molecule has 0 saturated heterocycles. The van der Waals surface area contributed by atoms with Crippen molar-refractivity contribution in [2.75, 3.05) is 13.2 Å². The zero-order valence-electron chi connectivity index (χ0n) is 13.8. The molecule has 0 saturated carbocycles. The zero-order chi connectivity index (χ0) is 17.6. The number of rotatable bonds is 7. The van der Waals surface area contributed by atoms with Crippen molar-refractivity contribution >= 4 is 40.4 Å². The number of aromatic nitrogens is 1. The molecule has 1 aromatic heterocycles. The van der Waals surface area contributed by atoms with Crippen molar-refractivity contribution in [1.29, 1.82) is 0 Å². The lowest BCUT2D eigenvalue weighted by atomic mass is 10.0. The second-order valence-corrected chi connectivity index (χ2v) is 7.99. The summed E-state index contributed by atoms with van der Waals surface area (Å²) in [6, 6.07) is 4.93. The minimum absolute atomic E-state index is 0.0382. The van der Waals surface area contributed by atoms with E-state index in [4.69, 9.17) is 32.9 Å². The molecule has 0 bridgehead atoms. The number of benzene rings is 1. The fraction of sp³-hybridized carbons (Fsp3) is 0.444. The van der Waals surface area contributed by atoms with E-state index in [-0.39, 0.29) is 12.5 Å². The van der Waals surface area contributed by atoms with Gasteiger partial charge < -0.3 is 10.1 Å². The molecule has 0 fully saturated rings. The van der Waals surface area contributed by atoms with Crippen LogP contribution in [0.25, 0.3) is 0 Å². The molecule has 1 N–H and O–H groups in total. The number of nitrogens with zero attached hydrogens (tertiary/aromatic N) is 1. The quantitative estimate of drug-likeness (QED) is 0.700. The van der Waals surface area contributed by atoms with Gasteiger partial charge in [-0.2, -0.15) is 0 Å². The van der Waals surface area contributed by atoms with Crippen LogP contribution in [0.4, 0.5) is 0 Å². The molecule has 4 nitrogen and oxygen atoms in total. The lowest BCUT2D eigenvalue weighted by Crippen LogP contribution is -2.29. The minimum Gasteiger partial charge on any atom is -0.484 e. The molecule has 3 rings (SSSR count). The Morgan fingerprint density at radius 1 is 1.24 bits per heavy atom. The largest absolute Gasteiger partial charge is 0.484 e. The van der Waals surface area contributed by atoms with Crippen molar-refractivity contribution < 1.29 is 9.53 Å². The van der Waals surface area contributed by atoms with E-state index in [0.29, 0.717) is 22.3 Å². The zero-order valence-corrected chi connectivity index (χ0v) is 16.1. The molecule has 134 valence electrons. The van der Waals surface area contributed by atoms with Gasteiger partial charge in [-0.05, 0) is 44.2 Å². The predicted molar refractivity (Wildman–Crippen MR) is 102 cm³/mol. The number of amides is 1. The van der Waals surface area contributed by atoms with Crippen LogP contribution in [0.3, 0.4) is 0 Å². The molecule has 0 spiro atoms. The smallest absolute Gasteiger partial charge is 0.257 e. The van der Waals surface area contributed by atoms with Crippen LogP contribution in [-0.2, 0) is 24.1 Å². The van der Waals surface area contributed by atoms with Crippen molar-refractivity contribution in [2.24, 2.45) is 0 Å². The van der Waals surface area contributed by atoms with Gasteiger partial charge in [0.25, 0.3) is 5.91 Å². The fourth-order valence-electron chi connectivity index (χ4n) is 2.75. The van der Waals surface area contributed by atoms with Crippen molar-refractivity contribution in [3.05, 3.63) is 43.8 Å². The molecule has 0 aliphatic heterocycles. The van der Waals surface area contributed by atoms with E-state index >= 15 is 0 Å². The lowest BCUT2D eigenvalue weighted by Gasteiger charge is -2.08. The van der Waals surface area contributed by atoms with E-state index in [1.807, 2.05) is 11.3 Å². The molecule has 0 atom stereocenters. The highest BCUT2D eigenvalue weighted by molar-refractivity contribution is 7.11. The van der Waals surface area contributed by atoms with E-state index in [2.05, 4.69) is 5.32 Å². The Morgan fingerprint density at radius 3 is 2.88 bits per heavy atom. The Balaban J connectivity index is 1.35. The normalized spacial score (nSPS) is 13.4. The minimum atomic E-state index is -0.149. The lowest BCUT2D eigenvalue weighted by molar-refractivity contribution is -0.123. The summed E-state index contributed by atoms with van der Waals surface area (Å²) in [4.78, 5) is 18.0. The molecule has 0 radical (unpaired) electrons. The summed E-state index contributed by atoms with van der Waals surface area (Å²) in [5.74, 6) is 0.377. The Labute approximate surface area is 161 Å². The second kappa shape index (κ2) is 8.88. The second-order valence-electron chi connectivity index (χ2n) is 6.00. The molecular weight excluding hydrogens is 379 g/mol. The standard InChI is InChI=1S/C18H20Cl2N2O2S/c19-13-8-7-12(10-14(13)20)24-11-17(23)21-9-3-6-18-22-15-4-1-2-5-16(15)25-18/h7-8,10H,1-6,9,11H2,(H,21,23). The maximum atomic E-state index is 11.8. The number of ether oxygens (including phenoxy) is 1. The van der Waals surface area contributed by atoms with Crippen molar-refractivity contribution in [3.63, 3.8) is 0 Å². The van der Waals surface area contributed by atoms with Crippen LogP contribution in [0.15, 0.2) is 18.2 Å². The maximum absolute atomic E-state index is 11.8. The van der Waals surface area contributed by atoms with Gasteiger partial charge in [0, 0.05) is 23.9 Å². The van der Waals surface area contributed by atoms with Gasteiger partial charge in [0.05, 0.1) is 20.7 Å². The van der Waals surface area contributed by atoms with Gasteiger partial charge in [0.2, 0.25) is 0 Å². The molecule has 1 aliphatic rings. The number of carbonyl (C=O) groups is 1. The summed E-state index contributed by atoms with van der Waals surface area (Å²) in [6.45, 7) is 0.581. The summed E-state index contributed by atoms with van der Waals surface area (Å²) in [5, 5.41) is 4.92. The summed E-state index contributed by atoms with van der Waals surface area (Å²) < 4.78 is 5.41. The number of fused-ring (bicyclic) bond motifs is 1. The van der Waals surface area contributed by atoms with Crippen molar-refractivity contribution in [3.8, 4) is 5.75 Å². The van der Waals surface area contributed by atoms with E-state index in [9.17, 15) is 4.79 Å². The van der Waals surface area contributed by atoms with E-state index in [1.54, 1.807) is 18.2 Å². The monoisotopic (exact) mass is 398 g/mol.